The second-order valence-electron chi connectivity index (χ2n) is 17.8. The molecule has 0 aromatic carbocycles. The first-order valence-electron chi connectivity index (χ1n) is 22.8. The van der Waals surface area contributed by atoms with Gasteiger partial charge in [0, 0.05) is 71.9 Å². The van der Waals surface area contributed by atoms with Gasteiger partial charge in [0.05, 0.1) is 47.9 Å². The molecule has 338 valence electrons. The number of imide groups is 1. The number of carbonyl (C=O) groups excluding carboxylic acids is 7. The van der Waals surface area contributed by atoms with Crippen LogP contribution in [-0.4, -0.2) is 168 Å². The number of aldehydes is 1. The Hall–Kier alpha value is -3.12. The lowest BCUT2D eigenvalue weighted by Crippen LogP contribution is -2.60. The summed E-state index contributed by atoms with van der Waals surface area (Å²) in [5, 5.41) is 30.8. The van der Waals surface area contributed by atoms with E-state index in [2.05, 4.69) is 28.2 Å². The monoisotopic (exact) mass is 859 g/mol. The summed E-state index contributed by atoms with van der Waals surface area (Å²) >= 11 is 4.12. The van der Waals surface area contributed by atoms with E-state index in [9.17, 15) is 43.8 Å². The third-order valence-corrected chi connectivity index (χ3v) is 14.5. The second-order valence-corrected chi connectivity index (χ2v) is 18.5. The normalized spacial score (nSPS) is 25.7. The number of nitrogens with zero attached hydrogens (tertiary/aromatic N) is 5. The number of carboxylic acids is 2. The lowest BCUT2D eigenvalue weighted by molar-refractivity contribution is -0.315. The number of hydrogen-bond acceptors (Lipinski definition) is 14. The molecule has 0 bridgehead atoms. The zero-order valence-corrected chi connectivity index (χ0v) is 36.5. The van der Waals surface area contributed by atoms with Crippen LogP contribution in [0.1, 0.15) is 110 Å². The van der Waals surface area contributed by atoms with Crippen LogP contribution in [0.5, 0.6) is 0 Å². The highest BCUT2D eigenvalue weighted by molar-refractivity contribution is 7.81. The number of amides is 4. The first-order chi connectivity index (χ1) is 28.9. The van der Waals surface area contributed by atoms with Crippen molar-refractivity contribution in [3.63, 3.8) is 0 Å². The average molecular weight is 860 g/mol. The highest BCUT2D eigenvalue weighted by atomic mass is 32.1. The Bertz CT molecular complexity index is 1420. The van der Waals surface area contributed by atoms with E-state index in [1.165, 1.54) is 0 Å². The summed E-state index contributed by atoms with van der Waals surface area (Å²) in [6, 6.07) is -2.83. The van der Waals surface area contributed by atoms with E-state index in [0.29, 0.717) is 39.3 Å². The highest BCUT2D eigenvalue weighted by Crippen LogP contribution is 2.32. The van der Waals surface area contributed by atoms with Crippen molar-refractivity contribution >= 4 is 54.5 Å². The molecule has 0 spiro atoms. The van der Waals surface area contributed by atoms with E-state index in [4.69, 9.17) is 0 Å². The van der Waals surface area contributed by atoms with Crippen LogP contribution in [-0.2, 0) is 33.6 Å². The summed E-state index contributed by atoms with van der Waals surface area (Å²) in [6.45, 7) is 4.12. The molecule has 0 radical (unpaired) electrons. The Labute approximate surface area is 361 Å². The highest BCUT2D eigenvalue weighted by Gasteiger charge is 2.38. The molecule has 4 amide bonds. The van der Waals surface area contributed by atoms with Gasteiger partial charge in [-0.05, 0) is 63.2 Å². The summed E-state index contributed by atoms with van der Waals surface area (Å²) in [5.74, 6) is -3.93. The molecule has 2 N–H and O–H groups in total. The molecule has 0 aromatic rings. The Balaban J connectivity index is 1.36. The van der Waals surface area contributed by atoms with Gasteiger partial charge in [0.25, 0.3) is 0 Å². The zero-order valence-electron chi connectivity index (χ0n) is 35.6. The van der Waals surface area contributed by atoms with Crippen LogP contribution < -0.4 is 20.8 Å². The fourth-order valence-corrected chi connectivity index (χ4v) is 10.9. The van der Waals surface area contributed by atoms with Gasteiger partial charge in [0.1, 0.15) is 6.29 Å². The van der Waals surface area contributed by atoms with Crippen molar-refractivity contribution in [3.8, 4) is 0 Å². The van der Waals surface area contributed by atoms with Crippen LogP contribution in [0.15, 0.2) is 0 Å². The lowest BCUT2D eigenvalue weighted by atomic mass is 9.82. The first-order valence-corrected chi connectivity index (χ1v) is 23.3. The molecule has 5 rings (SSSR count). The minimum atomic E-state index is -1.12. The molecule has 16 nitrogen and oxygen atoms in total. The predicted molar refractivity (Wildman–Crippen MR) is 223 cm³/mol. The summed E-state index contributed by atoms with van der Waals surface area (Å²) in [6.07, 6.45) is 15.2. The summed E-state index contributed by atoms with van der Waals surface area (Å²) < 4.78 is 0. The zero-order chi connectivity index (χ0) is 43.2. The minimum Gasteiger partial charge on any atom is -0.548 e. The van der Waals surface area contributed by atoms with Gasteiger partial charge in [-0.1, -0.05) is 57.8 Å². The van der Waals surface area contributed by atoms with Crippen molar-refractivity contribution in [2.24, 2.45) is 17.8 Å². The number of aliphatic carboxylic acids is 2. The molecule has 60 heavy (non-hydrogen) atoms. The van der Waals surface area contributed by atoms with Gasteiger partial charge in [0.15, 0.2) is 0 Å². The molecular formula is C43H69N7O9S-2. The number of nitrogens with one attached hydrogen (secondary N) is 2. The SMILES string of the molecule is CC(C(=O)NCC(=O)NCCN1C(=O)CC(S)C1=O)N1CCN([C@@H](C(=O)[O-])C2CCCCC2)CCN([C@@H](C=O)C2CCCCC2)CCN([C@@H](C(=O)[O-])C2CCCCC2)CC1. The maximum absolute atomic E-state index is 13.8. The van der Waals surface area contributed by atoms with Crippen molar-refractivity contribution in [3.05, 3.63) is 0 Å². The van der Waals surface area contributed by atoms with Crippen LogP contribution >= 0.6 is 12.6 Å². The molecule has 3 aliphatic carbocycles. The molecule has 17 heteroatoms. The molecule has 0 aromatic heterocycles. The van der Waals surface area contributed by atoms with Gasteiger partial charge in [-0.3, -0.25) is 43.7 Å². The number of thiol groups is 1. The van der Waals surface area contributed by atoms with Crippen LogP contribution in [0.3, 0.4) is 0 Å². The summed E-state index contributed by atoms with van der Waals surface area (Å²) in [4.78, 5) is 99.0. The smallest absolute Gasteiger partial charge is 0.242 e. The van der Waals surface area contributed by atoms with Crippen LogP contribution in [0.4, 0.5) is 0 Å². The third kappa shape index (κ3) is 13.2. The van der Waals surface area contributed by atoms with Gasteiger partial charge in [-0.2, -0.15) is 12.6 Å². The number of carbonyl (C=O) groups is 7. The van der Waals surface area contributed by atoms with Crippen molar-refractivity contribution < 1.29 is 43.8 Å². The Kier molecular flexibility index (Phi) is 19.1. The largest absolute Gasteiger partial charge is 0.548 e. The van der Waals surface area contributed by atoms with Gasteiger partial charge >= 0.3 is 0 Å². The van der Waals surface area contributed by atoms with Crippen molar-refractivity contribution in [2.45, 2.75) is 139 Å². The van der Waals surface area contributed by atoms with E-state index in [-0.39, 0.29) is 68.8 Å². The topological polar surface area (TPSA) is 206 Å². The third-order valence-electron chi connectivity index (χ3n) is 14.1. The van der Waals surface area contributed by atoms with Crippen molar-refractivity contribution in [1.82, 2.24) is 35.1 Å². The number of carboxylic acid groups (broad SMARTS) is 2. The van der Waals surface area contributed by atoms with E-state index < -0.39 is 53.0 Å². The van der Waals surface area contributed by atoms with Crippen molar-refractivity contribution in [1.29, 1.82) is 0 Å². The van der Waals surface area contributed by atoms with E-state index in [1.54, 1.807) is 6.92 Å². The Morgan fingerprint density at radius 1 is 0.667 bits per heavy atom. The lowest BCUT2D eigenvalue weighted by Gasteiger charge is -2.45. The first kappa shape index (κ1) is 47.9. The molecule has 2 unspecified atom stereocenters. The Morgan fingerprint density at radius 2 is 1.10 bits per heavy atom. The Morgan fingerprint density at radius 3 is 1.52 bits per heavy atom. The molecular weight excluding hydrogens is 791 g/mol. The number of rotatable bonds is 16. The molecule has 5 fully saturated rings. The van der Waals surface area contributed by atoms with Crippen LogP contribution in [0, 0.1) is 17.8 Å². The maximum Gasteiger partial charge on any atom is 0.242 e. The molecule has 2 aliphatic heterocycles. The molecule has 2 heterocycles. The quantitative estimate of drug-likeness (QED) is 0.101. The number of hydrogen-bond donors (Lipinski definition) is 3. The molecule has 3 saturated carbocycles. The molecule has 5 atom stereocenters. The van der Waals surface area contributed by atoms with Gasteiger partial charge in [0.2, 0.25) is 23.6 Å². The fraction of sp³-hybridized carbons (Fsp3) is 0.837. The van der Waals surface area contributed by atoms with E-state index >= 15 is 0 Å². The van der Waals surface area contributed by atoms with Crippen LogP contribution in [0.2, 0.25) is 0 Å². The van der Waals surface area contributed by atoms with E-state index in [1.807, 2.05) is 14.7 Å². The average Bonchev–Trinajstić information content (AvgIpc) is 3.48. The number of likely N-dealkylation sites (tertiary alicyclic amines) is 1. The van der Waals surface area contributed by atoms with Gasteiger partial charge < -0.3 is 35.2 Å². The molecule has 2 saturated heterocycles. The predicted octanol–water partition coefficient (Wildman–Crippen LogP) is -0.568. The van der Waals surface area contributed by atoms with Gasteiger partial charge in [-0.25, -0.2) is 0 Å². The van der Waals surface area contributed by atoms with Crippen LogP contribution in [0.25, 0.3) is 0 Å². The van der Waals surface area contributed by atoms with E-state index in [0.717, 1.165) is 107 Å². The second kappa shape index (κ2) is 23.9. The fourth-order valence-electron chi connectivity index (χ4n) is 10.6. The van der Waals surface area contributed by atoms with Gasteiger partial charge in [-0.15, -0.1) is 0 Å². The molecule has 5 aliphatic rings. The van der Waals surface area contributed by atoms with Crippen molar-refractivity contribution in [2.75, 3.05) is 72.0 Å². The minimum absolute atomic E-state index is 0.00116. The summed E-state index contributed by atoms with van der Waals surface area (Å²) in [5.41, 5.74) is 0. The maximum atomic E-state index is 13.8. The summed E-state index contributed by atoms with van der Waals surface area (Å²) in [7, 11) is 0. The standard InChI is InChI=1S/C43H71N7O9S/c1-30(40(54)45-28-36(52)44-17-18-50-37(53)27-35(60)41(50)55)46-19-23-48(38(42(56)57)32-13-7-3-8-14-32)25-21-47(34(29-51)31-11-5-2-6-12-31)22-26-49(24-20-46)39(43(58)59)33-15-9-4-10-16-33/h29-35,38-39,60H,2-28H2,1H3,(H,44,52)(H,45,54)(H,56,57)(H,58,59)/p-2/t30?,34-,35?,38+,39+/m0/s1.